The molecule has 1 aliphatic rings. The number of hydrogen-bond acceptors (Lipinski definition) is 5. The molecule has 1 atom stereocenters. The SMILES string of the molecule is COc1ccccc1NC(=O)c1ccc(NC(=O)CN2C(=O)NC(C)(c3ccccc3F)C2=O)cc1. The number of methoxy groups -OCH3 is 1. The average Bonchev–Trinajstić information content (AvgIpc) is 3.08. The highest BCUT2D eigenvalue weighted by Gasteiger charge is 2.50. The molecular weight excluding hydrogens is 467 g/mol. The lowest BCUT2D eigenvalue weighted by Crippen LogP contribution is -2.42. The molecule has 0 aromatic heterocycles. The first-order chi connectivity index (χ1) is 17.2. The molecule has 1 aliphatic heterocycles. The molecule has 36 heavy (non-hydrogen) atoms. The molecule has 0 spiro atoms. The summed E-state index contributed by atoms with van der Waals surface area (Å²) in [7, 11) is 1.50. The van der Waals surface area contributed by atoms with Gasteiger partial charge >= 0.3 is 6.03 Å². The van der Waals surface area contributed by atoms with Crippen molar-refractivity contribution in [3.63, 3.8) is 0 Å². The number of ether oxygens (including phenoxy) is 1. The van der Waals surface area contributed by atoms with Gasteiger partial charge in [-0.05, 0) is 49.4 Å². The van der Waals surface area contributed by atoms with Crippen LogP contribution in [0.25, 0.3) is 0 Å². The van der Waals surface area contributed by atoms with Crippen molar-refractivity contribution in [2.24, 2.45) is 0 Å². The number of anilines is 2. The number of benzene rings is 3. The maximum absolute atomic E-state index is 14.3. The van der Waals surface area contributed by atoms with E-state index in [-0.39, 0.29) is 11.5 Å². The molecule has 1 heterocycles. The van der Waals surface area contributed by atoms with Crippen LogP contribution in [0.5, 0.6) is 5.75 Å². The van der Waals surface area contributed by atoms with E-state index in [4.69, 9.17) is 4.74 Å². The number of imide groups is 1. The highest BCUT2D eigenvalue weighted by Crippen LogP contribution is 2.30. The second kappa shape index (κ2) is 9.87. The predicted octanol–water partition coefficient (Wildman–Crippen LogP) is 3.49. The molecule has 0 radical (unpaired) electrons. The van der Waals surface area contributed by atoms with Gasteiger partial charge in [0.1, 0.15) is 23.7 Å². The zero-order valence-electron chi connectivity index (χ0n) is 19.5. The first kappa shape index (κ1) is 24.4. The Kier molecular flexibility index (Phi) is 6.69. The molecule has 0 aliphatic carbocycles. The summed E-state index contributed by atoms with van der Waals surface area (Å²) in [6.45, 7) is 0.823. The summed E-state index contributed by atoms with van der Waals surface area (Å²) in [4.78, 5) is 51.2. The Morgan fingerprint density at radius 3 is 2.33 bits per heavy atom. The number of amides is 5. The van der Waals surface area contributed by atoms with Crippen LogP contribution in [0, 0.1) is 5.82 Å². The van der Waals surface area contributed by atoms with Crippen molar-refractivity contribution in [3.8, 4) is 5.75 Å². The minimum Gasteiger partial charge on any atom is -0.495 e. The van der Waals surface area contributed by atoms with Gasteiger partial charge in [0.2, 0.25) is 5.91 Å². The highest BCUT2D eigenvalue weighted by molar-refractivity contribution is 6.10. The smallest absolute Gasteiger partial charge is 0.325 e. The monoisotopic (exact) mass is 490 g/mol. The number of nitrogens with one attached hydrogen (secondary N) is 3. The van der Waals surface area contributed by atoms with Crippen LogP contribution in [-0.4, -0.2) is 42.3 Å². The van der Waals surface area contributed by atoms with Crippen LogP contribution in [0.4, 0.5) is 20.6 Å². The van der Waals surface area contributed by atoms with E-state index >= 15 is 0 Å². The number of carbonyl (C=O) groups is 4. The molecule has 0 saturated carbocycles. The summed E-state index contributed by atoms with van der Waals surface area (Å²) in [6.07, 6.45) is 0. The van der Waals surface area contributed by atoms with Gasteiger partial charge < -0.3 is 20.7 Å². The summed E-state index contributed by atoms with van der Waals surface area (Å²) < 4.78 is 19.5. The number of rotatable bonds is 7. The fourth-order valence-corrected chi connectivity index (χ4v) is 3.88. The van der Waals surface area contributed by atoms with E-state index in [1.54, 1.807) is 30.3 Å². The molecule has 3 aromatic carbocycles. The summed E-state index contributed by atoms with van der Waals surface area (Å²) in [5, 5.41) is 7.81. The van der Waals surface area contributed by atoms with E-state index < -0.39 is 35.7 Å². The first-order valence-corrected chi connectivity index (χ1v) is 11.0. The van der Waals surface area contributed by atoms with Crippen molar-refractivity contribution in [2.45, 2.75) is 12.5 Å². The van der Waals surface area contributed by atoms with E-state index in [0.717, 1.165) is 4.90 Å². The Labute approximate surface area is 206 Å². The quantitative estimate of drug-likeness (QED) is 0.439. The Hall–Kier alpha value is -4.73. The summed E-state index contributed by atoms with van der Waals surface area (Å²) in [6, 6.07) is 17.9. The van der Waals surface area contributed by atoms with Crippen molar-refractivity contribution in [1.29, 1.82) is 0 Å². The van der Waals surface area contributed by atoms with Crippen molar-refractivity contribution < 1.29 is 28.3 Å². The molecule has 3 aromatic rings. The Morgan fingerprint density at radius 1 is 0.972 bits per heavy atom. The largest absolute Gasteiger partial charge is 0.495 e. The van der Waals surface area contributed by atoms with Crippen LogP contribution in [0.2, 0.25) is 0 Å². The van der Waals surface area contributed by atoms with E-state index in [0.29, 0.717) is 22.7 Å². The molecule has 9 nitrogen and oxygen atoms in total. The third-order valence-electron chi connectivity index (χ3n) is 5.78. The molecule has 0 bridgehead atoms. The van der Waals surface area contributed by atoms with Gasteiger partial charge in [0.05, 0.1) is 12.8 Å². The topological polar surface area (TPSA) is 117 Å². The van der Waals surface area contributed by atoms with Crippen LogP contribution in [0.1, 0.15) is 22.8 Å². The van der Waals surface area contributed by atoms with Gasteiger partial charge in [-0.1, -0.05) is 30.3 Å². The standard InChI is InChI=1S/C26H23FN4O5/c1-26(18-7-3-4-8-19(18)27)24(34)31(25(35)30-26)15-22(32)28-17-13-11-16(12-14-17)23(33)29-20-9-5-6-10-21(20)36-2/h3-14H,15H2,1-2H3,(H,28,32)(H,29,33)(H,30,35). The molecule has 184 valence electrons. The summed E-state index contributed by atoms with van der Waals surface area (Å²) in [5.41, 5.74) is -0.405. The van der Waals surface area contributed by atoms with E-state index in [1.807, 2.05) is 0 Å². The van der Waals surface area contributed by atoms with Crippen molar-refractivity contribution >= 4 is 35.1 Å². The van der Waals surface area contributed by atoms with Crippen molar-refractivity contribution in [1.82, 2.24) is 10.2 Å². The van der Waals surface area contributed by atoms with Crippen LogP contribution in [0.15, 0.2) is 72.8 Å². The number of urea groups is 1. The van der Waals surface area contributed by atoms with Gasteiger partial charge in [-0.25, -0.2) is 9.18 Å². The van der Waals surface area contributed by atoms with Crippen molar-refractivity contribution in [2.75, 3.05) is 24.3 Å². The third kappa shape index (κ3) is 4.74. The van der Waals surface area contributed by atoms with E-state index in [9.17, 15) is 23.6 Å². The van der Waals surface area contributed by atoms with Crippen molar-refractivity contribution in [3.05, 3.63) is 89.7 Å². The van der Waals surface area contributed by atoms with Gasteiger partial charge in [0.15, 0.2) is 0 Å². The van der Waals surface area contributed by atoms with Crippen LogP contribution in [0.3, 0.4) is 0 Å². The van der Waals surface area contributed by atoms with E-state index in [1.165, 1.54) is 56.5 Å². The molecule has 10 heteroatoms. The lowest BCUT2D eigenvalue weighted by molar-refractivity contribution is -0.133. The van der Waals surface area contributed by atoms with Gasteiger partial charge in [-0.3, -0.25) is 19.3 Å². The Bertz CT molecular complexity index is 1340. The van der Waals surface area contributed by atoms with Gasteiger partial charge in [0.25, 0.3) is 11.8 Å². The summed E-state index contributed by atoms with van der Waals surface area (Å²) in [5.74, 6) is -1.88. The lowest BCUT2D eigenvalue weighted by atomic mass is 9.91. The molecule has 1 fully saturated rings. The normalized spacial score (nSPS) is 16.9. The zero-order chi connectivity index (χ0) is 25.9. The number of halogens is 1. The van der Waals surface area contributed by atoms with Crippen LogP contribution >= 0.6 is 0 Å². The summed E-state index contributed by atoms with van der Waals surface area (Å²) >= 11 is 0. The first-order valence-electron chi connectivity index (χ1n) is 11.0. The zero-order valence-corrected chi connectivity index (χ0v) is 19.5. The minimum absolute atomic E-state index is 0.00764. The van der Waals surface area contributed by atoms with Gasteiger partial charge in [0, 0.05) is 16.8 Å². The molecular formula is C26H23FN4O5. The van der Waals surface area contributed by atoms with Gasteiger partial charge in [-0.2, -0.15) is 0 Å². The minimum atomic E-state index is -1.63. The molecule has 3 N–H and O–H groups in total. The second-order valence-corrected chi connectivity index (χ2v) is 8.21. The van der Waals surface area contributed by atoms with Gasteiger partial charge in [-0.15, -0.1) is 0 Å². The fourth-order valence-electron chi connectivity index (χ4n) is 3.88. The second-order valence-electron chi connectivity index (χ2n) is 8.21. The average molecular weight is 490 g/mol. The molecule has 1 unspecified atom stereocenters. The van der Waals surface area contributed by atoms with Crippen LogP contribution < -0.4 is 20.7 Å². The maximum atomic E-state index is 14.3. The Morgan fingerprint density at radius 2 is 1.64 bits per heavy atom. The molecule has 4 rings (SSSR count). The van der Waals surface area contributed by atoms with E-state index in [2.05, 4.69) is 16.0 Å². The predicted molar refractivity (Wildman–Crippen MR) is 130 cm³/mol. The highest BCUT2D eigenvalue weighted by atomic mass is 19.1. The molecule has 1 saturated heterocycles. The fraction of sp³-hybridized carbons (Fsp3) is 0.154. The molecule has 5 amide bonds. The van der Waals surface area contributed by atoms with Crippen LogP contribution in [-0.2, 0) is 15.1 Å². The maximum Gasteiger partial charge on any atom is 0.325 e. The number of para-hydroxylation sites is 2. The number of carbonyl (C=O) groups excluding carboxylic acids is 4. The number of hydrogen-bond donors (Lipinski definition) is 3. The number of nitrogens with zero attached hydrogens (tertiary/aromatic N) is 1. The Balaban J connectivity index is 1.39. The third-order valence-corrected chi connectivity index (χ3v) is 5.78. The lowest BCUT2D eigenvalue weighted by Gasteiger charge is -2.22.